The molecule has 4 rings (SSSR count). The van der Waals surface area contributed by atoms with Crippen molar-refractivity contribution in [1.29, 1.82) is 0 Å². The highest BCUT2D eigenvalue weighted by Crippen LogP contribution is 2.41. The number of methoxy groups -OCH3 is 1. The van der Waals surface area contributed by atoms with E-state index in [1.54, 1.807) is 7.11 Å². The lowest BCUT2D eigenvalue weighted by molar-refractivity contribution is 0.313. The predicted octanol–water partition coefficient (Wildman–Crippen LogP) is 3.52. The van der Waals surface area contributed by atoms with Crippen LogP contribution < -0.4 is 4.74 Å². The zero-order chi connectivity index (χ0) is 15.8. The van der Waals surface area contributed by atoms with Gasteiger partial charge in [-0.2, -0.15) is 0 Å². The van der Waals surface area contributed by atoms with Crippen LogP contribution in [0.15, 0.2) is 30.5 Å². The van der Waals surface area contributed by atoms with Crippen LogP contribution in [0.3, 0.4) is 0 Å². The van der Waals surface area contributed by atoms with E-state index < -0.39 is 0 Å². The summed E-state index contributed by atoms with van der Waals surface area (Å²) < 4.78 is 7.85. The highest BCUT2D eigenvalue weighted by Gasteiger charge is 2.33. The Morgan fingerprint density at radius 1 is 1.26 bits per heavy atom. The molecule has 2 heterocycles. The SMILES string of the molecule is COc1cccc(CN2CCC(n3c(C)cnc3C3CC3)C2)c1. The molecular formula is C19H25N3O. The Morgan fingerprint density at radius 3 is 2.91 bits per heavy atom. The van der Waals surface area contributed by atoms with Crippen LogP contribution in [0, 0.1) is 6.92 Å². The van der Waals surface area contributed by atoms with E-state index in [1.165, 1.54) is 36.3 Å². The van der Waals surface area contributed by atoms with Crippen LogP contribution in [-0.2, 0) is 6.54 Å². The molecule has 1 saturated heterocycles. The van der Waals surface area contributed by atoms with E-state index >= 15 is 0 Å². The Kier molecular flexibility index (Phi) is 3.85. The molecule has 1 atom stereocenters. The summed E-state index contributed by atoms with van der Waals surface area (Å²) in [6, 6.07) is 9.00. The first-order valence-electron chi connectivity index (χ1n) is 8.63. The Hall–Kier alpha value is -1.81. The van der Waals surface area contributed by atoms with Gasteiger partial charge in [-0.15, -0.1) is 0 Å². The minimum absolute atomic E-state index is 0.582. The highest BCUT2D eigenvalue weighted by molar-refractivity contribution is 5.28. The van der Waals surface area contributed by atoms with Crippen molar-refractivity contribution >= 4 is 0 Å². The molecule has 1 aromatic heterocycles. The van der Waals surface area contributed by atoms with Crippen molar-refractivity contribution in [3.63, 3.8) is 0 Å². The molecule has 23 heavy (non-hydrogen) atoms. The number of ether oxygens (including phenoxy) is 1. The summed E-state index contributed by atoms with van der Waals surface area (Å²) in [6.07, 6.45) is 5.91. The van der Waals surface area contributed by atoms with Gasteiger partial charge in [-0.3, -0.25) is 4.90 Å². The number of likely N-dealkylation sites (tertiary alicyclic amines) is 1. The topological polar surface area (TPSA) is 30.3 Å². The highest BCUT2D eigenvalue weighted by atomic mass is 16.5. The molecule has 122 valence electrons. The molecule has 2 fully saturated rings. The third-order valence-corrected chi connectivity index (χ3v) is 5.11. The van der Waals surface area contributed by atoms with Crippen LogP contribution >= 0.6 is 0 Å². The van der Waals surface area contributed by atoms with Crippen molar-refractivity contribution in [1.82, 2.24) is 14.5 Å². The van der Waals surface area contributed by atoms with Crippen LogP contribution in [0.5, 0.6) is 5.75 Å². The maximum atomic E-state index is 5.33. The van der Waals surface area contributed by atoms with Gasteiger partial charge in [0.1, 0.15) is 11.6 Å². The molecule has 4 nitrogen and oxygen atoms in total. The Labute approximate surface area is 138 Å². The molecule has 4 heteroatoms. The molecule has 2 aliphatic rings. The third kappa shape index (κ3) is 3.00. The molecule has 1 aliphatic carbocycles. The molecule has 0 spiro atoms. The number of aryl methyl sites for hydroxylation is 1. The molecule has 0 radical (unpaired) electrons. The molecule has 2 aromatic rings. The lowest BCUT2D eigenvalue weighted by atomic mass is 10.2. The van der Waals surface area contributed by atoms with Gasteiger partial charge in [-0.05, 0) is 43.9 Å². The predicted molar refractivity (Wildman–Crippen MR) is 90.9 cm³/mol. The van der Waals surface area contributed by atoms with E-state index in [0.717, 1.165) is 31.3 Å². The van der Waals surface area contributed by atoms with Gasteiger partial charge in [0, 0.05) is 43.5 Å². The minimum atomic E-state index is 0.582. The Morgan fingerprint density at radius 2 is 2.13 bits per heavy atom. The monoisotopic (exact) mass is 311 g/mol. The zero-order valence-corrected chi connectivity index (χ0v) is 14.0. The van der Waals surface area contributed by atoms with Gasteiger partial charge in [0.2, 0.25) is 0 Å². The third-order valence-electron chi connectivity index (χ3n) is 5.11. The number of nitrogens with zero attached hydrogens (tertiary/aromatic N) is 3. The molecule has 0 N–H and O–H groups in total. The lowest BCUT2D eigenvalue weighted by Gasteiger charge is -2.19. The number of hydrogen-bond acceptors (Lipinski definition) is 3. The summed E-state index contributed by atoms with van der Waals surface area (Å²) in [7, 11) is 1.73. The van der Waals surface area contributed by atoms with Gasteiger partial charge in [0.15, 0.2) is 0 Å². The average Bonchev–Trinajstić information content (AvgIpc) is 3.20. The van der Waals surface area contributed by atoms with Crippen LogP contribution in [0.2, 0.25) is 0 Å². The average molecular weight is 311 g/mol. The molecule has 1 aromatic carbocycles. The second-order valence-corrected chi connectivity index (χ2v) is 6.93. The first kappa shape index (κ1) is 14.8. The van der Waals surface area contributed by atoms with E-state index in [4.69, 9.17) is 4.74 Å². The largest absolute Gasteiger partial charge is 0.497 e. The van der Waals surface area contributed by atoms with Crippen LogP contribution in [-0.4, -0.2) is 34.7 Å². The number of aromatic nitrogens is 2. The summed E-state index contributed by atoms with van der Waals surface area (Å²) in [5.41, 5.74) is 2.65. The normalized spacial score (nSPS) is 21.7. The molecule has 1 unspecified atom stereocenters. The number of benzene rings is 1. The fourth-order valence-corrected chi connectivity index (χ4v) is 3.78. The Bertz CT molecular complexity index is 690. The Balaban J connectivity index is 1.46. The summed E-state index contributed by atoms with van der Waals surface area (Å²) in [6.45, 7) is 5.47. The van der Waals surface area contributed by atoms with Gasteiger partial charge in [0.05, 0.1) is 7.11 Å². The van der Waals surface area contributed by atoms with Gasteiger partial charge in [-0.25, -0.2) is 4.98 Å². The van der Waals surface area contributed by atoms with Crippen LogP contribution in [0.25, 0.3) is 0 Å². The summed E-state index contributed by atoms with van der Waals surface area (Å²) >= 11 is 0. The standard InChI is InChI=1S/C19H25N3O/c1-14-11-20-19(16-6-7-16)22(14)17-8-9-21(13-17)12-15-4-3-5-18(10-15)23-2/h3-5,10-11,16-17H,6-9,12-13H2,1-2H3. The van der Waals surface area contributed by atoms with Gasteiger partial charge >= 0.3 is 0 Å². The fourth-order valence-electron chi connectivity index (χ4n) is 3.78. The van der Waals surface area contributed by atoms with Gasteiger partial charge in [0.25, 0.3) is 0 Å². The first-order chi connectivity index (χ1) is 11.2. The van der Waals surface area contributed by atoms with E-state index in [-0.39, 0.29) is 0 Å². The molecule has 1 saturated carbocycles. The summed E-state index contributed by atoms with van der Waals surface area (Å²) in [5, 5.41) is 0. The first-order valence-corrected chi connectivity index (χ1v) is 8.63. The molecule has 0 amide bonds. The quantitative estimate of drug-likeness (QED) is 0.846. The minimum Gasteiger partial charge on any atom is -0.497 e. The van der Waals surface area contributed by atoms with E-state index in [2.05, 4.69) is 45.8 Å². The van der Waals surface area contributed by atoms with E-state index in [1.807, 2.05) is 6.07 Å². The van der Waals surface area contributed by atoms with Gasteiger partial charge < -0.3 is 9.30 Å². The van der Waals surface area contributed by atoms with Crippen molar-refractivity contribution in [2.75, 3.05) is 20.2 Å². The molecular weight excluding hydrogens is 286 g/mol. The smallest absolute Gasteiger partial charge is 0.119 e. The van der Waals surface area contributed by atoms with Crippen LogP contribution in [0.4, 0.5) is 0 Å². The van der Waals surface area contributed by atoms with E-state index in [9.17, 15) is 0 Å². The van der Waals surface area contributed by atoms with Crippen molar-refractivity contribution in [2.45, 2.75) is 44.7 Å². The van der Waals surface area contributed by atoms with Crippen molar-refractivity contribution in [3.05, 3.63) is 47.5 Å². The molecule has 1 aliphatic heterocycles. The summed E-state index contributed by atoms with van der Waals surface area (Å²) in [5.74, 6) is 2.99. The number of rotatable bonds is 5. The van der Waals surface area contributed by atoms with Crippen molar-refractivity contribution in [2.24, 2.45) is 0 Å². The zero-order valence-electron chi connectivity index (χ0n) is 14.0. The number of hydrogen-bond donors (Lipinski definition) is 0. The second-order valence-electron chi connectivity index (χ2n) is 6.93. The van der Waals surface area contributed by atoms with Crippen LogP contribution in [0.1, 0.15) is 48.3 Å². The maximum absolute atomic E-state index is 5.33. The fraction of sp³-hybridized carbons (Fsp3) is 0.526. The maximum Gasteiger partial charge on any atom is 0.119 e. The summed E-state index contributed by atoms with van der Waals surface area (Å²) in [4.78, 5) is 7.23. The molecule has 0 bridgehead atoms. The number of imidazole rings is 1. The lowest BCUT2D eigenvalue weighted by Crippen LogP contribution is -2.22. The van der Waals surface area contributed by atoms with Crippen molar-refractivity contribution < 1.29 is 4.74 Å². The van der Waals surface area contributed by atoms with Crippen molar-refractivity contribution in [3.8, 4) is 5.75 Å². The van der Waals surface area contributed by atoms with Gasteiger partial charge in [-0.1, -0.05) is 12.1 Å². The van der Waals surface area contributed by atoms with E-state index in [0.29, 0.717) is 6.04 Å². The second kappa shape index (κ2) is 6.00.